The van der Waals surface area contributed by atoms with E-state index < -0.39 is 0 Å². The number of aryl methyl sites for hydroxylation is 2. The van der Waals surface area contributed by atoms with Gasteiger partial charge in [0.25, 0.3) is 5.78 Å². The number of aromatic nitrogens is 4. The van der Waals surface area contributed by atoms with E-state index >= 15 is 0 Å². The van der Waals surface area contributed by atoms with Crippen LogP contribution in [0, 0.1) is 13.8 Å². The van der Waals surface area contributed by atoms with Gasteiger partial charge in [-0.05, 0) is 39.1 Å². The summed E-state index contributed by atoms with van der Waals surface area (Å²) in [5.41, 5.74) is 8.06. The van der Waals surface area contributed by atoms with Crippen molar-refractivity contribution < 1.29 is 9.21 Å². The summed E-state index contributed by atoms with van der Waals surface area (Å²) in [6.45, 7) is 10.1. The molecule has 3 rings (SSSR count). The average Bonchev–Trinajstić information content (AvgIpc) is 3.31. The van der Waals surface area contributed by atoms with Gasteiger partial charge in [0.05, 0.1) is 18.7 Å². The number of nitrogen functional groups attached to an aromatic ring is 1. The highest BCUT2D eigenvalue weighted by Gasteiger charge is 2.22. The largest absolute Gasteiger partial charge is 0.468 e. The molecule has 0 fully saturated rings. The van der Waals surface area contributed by atoms with Gasteiger partial charge >= 0.3 is 0 Å². The van der Waals surface area contributed by atoms with Gasteiger partial charge in [0.2, 0.25) is 11.9 Å². The van der Waals surface area contributed by atoms with Gasteiger partial charge in [0.1, 0.15) is 5.76 Å². The minimum Gasteiger partial charge on any atom is -0.468 e. The SMILES string of the molecule is CCN(CC)C(CNC(=O)Cc1c(C)nc2nc(N)nn2c1C)c1ccco1. The number of hydrogen-bond donors (Lipinski definition) is 2. The highest BCUT2D eigenvalue weighted by atomic mass is 16.3. The summed E-state index contributed by atoms with van der Waals surface area (Å²) in [6, 6.07) is 3.80. The number of carbonyl (C=O) groups excluding carboxylic acids is 1. The first-order valence-electron chi connectivity index (χ1n) is 9.47. The molecule has 9 nitrogen and oxygen atoms in total. The molecule has 1 atom stereocenters. The van der Waals surface area contributed by atoms with E-state index in [1.807, 2.05) is 26.0 Å². The predicted octanol–water partition coefficient (Wildman–Crippen LogP) is 1.66. The summed E-state index contributed by atoms with van der Waals surface area (Å²) in [5.74, 6) is 1.37. The maximum atomic E-state index is 12.7. The van der Waals surface area contributed by atoms with Gasteiger partial charge in [0.15, 0.2) is 0 Å². The molecule has 0 bridgehead atoms. The van der Waals surface area contributed by atoms with E-state index in [0.29, 0.717) is 12.3 Å². The van der Waals surface area contributed by atoms with Crippen molar-refractivity contribution in [2.45, 2.75) is 40.2 Å². The number of nitrogens with one attached hydrogen (secondary N) is 1. The van der Waals surface area contributed by atoms with Crippen LogP contribution in [0.3, 0.4) is 0 Å². The van der Waals surface area contributed by atoms with Crippen LogP contribution in [0.1, 0.15) is 42.6 Å². The molecule has 3 aromatic heterocycles. The van der Waals surface area contributed by atoms with E-state index in [0.717, 1.165) is 35.8 Å². The van der Waals surface area contributed by atoms with Crippen molar-refractivity contribution in [3.63, 3.8) is 0 Å². The van der Waals surface area contributed by atoms with Crippen LogP contribution in [0.25, 0.3) is 5.78 Å². The molecule has 3 N–H and O–H groups in total. The molecule has 0 aliphatic carbocycles. The van der Waals surface area contributed by atoms with E-state index in [4.69, 9.17) is 10.2 Å². The molecule has 0 saturated carbocycles. The third-order valence-corrected chi connectivity index (χ3v) is 5.02. The molecule has 3 aromatic rings. The quantitative estimate of drug-likeness (QED) is 0.606. The summed E-state index contributed by atoms with van der Waals surface area (Å²) in [5, 5.41) is 7.18. The van der Waals surface area contributed by atoms with Gasteiger partial charge in [-0.15, -0.1) is 5.10 Å². The first kappa shape index (κ1) is 19.8. The van der Waals surface area contributed by atoms with Crippen molar-refractivity contribution in [2.24, 2.45) is 0 Å². The summed E-state index contributed by atoms with van der Waals surface area (Å²) in [7, 11) is 0. The molecule has 0 aliphatic heterocycles. The number of furan rings is 1. The standard InChI is InChI=1S/C19H27N7O2/c1-5-25(6-2)15(16-8-7-9-28-16)11-21-17(27)10-14-12(3)22-19-23-18(20)24-26(19)13(14)4/h7-9,15H,5-6,10-11H2,1-4H3,(H2,20,24)(H,21,27). The van der Waals surface area contributed by atoms with E-state index in [9.17, 15) is 4.79 Å². The summed E-state index contributed by atoms with van der Waals surface area (Å²) in [4.78, 5) is 23.4. The Morgan fingerprint density at radius 3 is 2.71 bits per heavy atom. The van der Waals surface area contributed by atoms with Gasteiger partial charge in [-0.3, -0.25) is 9.69 Å². The third-order valence-electron chi connectivity index (χ3n) is 5.02. The number of likely N-dealkylation sites (N-methyl/N-ethyl adjacent to an activating group) is 1. The lowest BCUT2D eigenvalue weighted by Gasteiger charge is -2.28. The molecule has 28 heavy (non-hydrogen) atoms. The number of fused-ring (bicyclic) bond motifs is 1. The van der Waals surface area contributed by atoms with Crippen LogP contribution in [0.5, 0.6) is 0 Å². The number of carbonyl (C=O) groups is 1. The summed E-state index contributed by atoms with van der Waals surface area (Å²) >= 11 is 0. The zero-order valence-corrected chi connectivity index (χ0v) is 16.8. The van der Waals surface area contributed by atoms with Crippen LogP contribution in [0.15, 0.2) is 22.8 Å². The monoisotopic (exact) mass is 385 g/mol. The van der Waals surface area contributed by atoms with Crippen LogP contribution < -0.4 is 11.1 Å². The molecule has 0 aliphatic rings. The lowest BCUT2D eigenvalue weighted by molar-refractivity contribution is -0.120. The predicted molar refractivity (Wildman–Crippen MR) is 106 cm³/mol. The lowest BCUT2D eigenvalue weighted by Crippen LogP contribution is -2.38. The molecule has 0 spiro atoms. The van der Waals surface area contributed by atoms with E-state index in [1.54, 1.807) is 10.8 Å². The Kier molecular flexibility index (Phi) is 5.93. The molecular formula is C19H27N7O2. The van der Waals surface area contributed by atoms with E-state index in [-0.39, 0.29) is 24.3 Å². The van der Waals surface area contributed by atoms with Crippen molar-refractivity contribution in [2.75, 3.05) is 25.4 Å². The van der Waals surface area contributed by atoms with Gasteiger partial charge in [-0.25, -0.2) is 4.98 Å². The fourth-order valence-electron chi connectivity index (χ4n) is 3.47. The van der Waals surface area contributed by atoms with Crippen LogP contribution in [-0.4, -0.2) is 50.0 Å². The second-order valence-electron chi connectivity index (χ2n) is 6.68. The first-order chi connectivity index (χ1) is 13.4. The Morgan fingerprint density at radius 1 is 1.32 bits per heavy atom. The van der Waals surface area contributed by atoms with Crippen molar-refractivity contribution in [1.82, 2.24) is 29.8 Å². The topological polar surface area (TPSA) is 115 Å². The van der Waals surface area contributed by atoms with Crippen molar-refractivity contribution in [3.8, 4) is 0 Å². The molecule has 3 heterocycles. The van der Waals surface area contributed by atoms with Crippen LogP contribution >= 0.6 is 0 Å². The van der Waals surface area contributed by atoms with Gasteiger partial charge < -0.3 is 15.5 Å². The van der Waals surface area contributed by atoms with Gasteiger partial charge in [0, 0.05) is 23.5 Å². The summed E-state index contributed by atoms with van der Waals surface area (Å²) in [6.07, 6.45) is 1.87. The average molecular weight is 385 g/mol. The van der Waals surface area contributed by atoms with Gasteiger partial charge in [-0.1, -0.05) is 13.8 Å². The van der Waals surface area contributed by atoms with E-state index in [1.165, 1.54) is 0 Å². The highest BCUT2D eigenvalue weighted by molar-refractivity contribution is 5.79. The molecule has 0 aromatic carbocycles. The van der Waals surface area contributed by atoms with Crippen molar-refractivity contribution in [3.05, 3.63) is 41.1 Å². The molecule has 1 amide bonds. The Bertz CT molecular complexity index is 945. The molecule has 9 heteroatoms. The minimum absolute atomic E-state index is 0.00753. The fraction of sp³-hybridized carbons (Fsp3) is 0.474. The fourth-order valence-corrected chi connectivity index (χ4v) is 3.47. The number of anilines is 1. The van der Waals surface area contributed by atoms with Crippen LogP contribution in [0.4, 0.5) is 5.95 Å². The maximum Gasteiger partial charge on any atom is 0.254 e. The lowest BCUT2D eigenvalue weighted by atomic mass is 10.1. The third kappa shape index (κ3) is 3.99. The minimum atomic E-state index is -0.0795. The number of nitrogens with two attached hydrogens (primary N) is 1. The first-order valence-corrected chi connectivity index (χ1v) is 9.47. The Labute approximate surface area is 163 Å². The molecular weight excluding hydrogens is 358 g/mol. The van der Waals surface area contributed by atoms with E-state index in [2.05, 4.69) is 39.1 Å². The maximum absolute atomic E-state index is 12.7. The Hall–Kier alpha value is -2.94. The molecule has 0 radical (unpaired) electrons. The number of rotatable bonds is 8. The van der Waals surface area contributed by atoms with Crippen LogP contribution in [-0.2, 0) is 11.2 Å². The number of hydrogen-bond acceptors (Lipinski definition) is 7. The Morgan fingerprint density at radius 2 is 2.07 bits per heavy atom. The van der Waals surface area contributed by atoms with Gasteiger partial charge in [-0.2, -0.15) is 9.50 Å². The zero-order chi connectivity index (χ0) is 20.3. The molecule has 1 unspecified atom stereocenters. The van der Waals surface area contributed by atoms with Crippen molar-refractivity contribution in [1.29, 1.82) is 0 Å². The molecule has 0 saturated heterocycles. The highest BCUT2D eigenvalue weighted by Crippen LogP contribution is 2.20. The summed E-state index contributed by atoms with van der Waals surface area (Å²) < 4.78 is 7.16. The second kappa shape index (κ2) is 8.39. The van der Waals surface area contributed by atoms with Crippen molar-refractivity contribution >= 4 is 17.6 Å². The Balaban J connectivity index is 1.74. The number of amides is 1. The molecule has 150 valence electrons. The normalized spacial score (nSPS) is 12.6. The number of nitrogens with zero attached hydrogens (tertiary/aromatic N) is 5. The smallest absolute Gasteiger partial charge is 0.254 e. The zero-order valence-electron chi connectivity index (χ0n) is 16.8. The second-order valence-corrected chi connectivity index (χ2v) is 6.68. The van der Waals surface area contributed by atoms with Crippen LogP contribution in [0.2, 0.25) is 0 Å².